The predicted molar refractivity (Wildman–Crippen MR) is 194 cm³/mol. The van der Waals surface area contributed by atoms with Gasteiger partial charge < -0.3 is 9.30 Å². The minimum absolute atomic E-state index is 0.173. The second-order valence-corrected chi connectivity index (χ2v) is 13.2. The molecule has 0 unspecified atom stereocenters. The Morgan fingerprint density at radius 3 is 1.98 bits per heavy atom. The van der Waals surface area contributed by atoms with Gasteiger partial charge >= 0.3 is 0 Å². The number of fused-ring (bicyclic) bond motifs is 7. The Kier molecular flexibility index (Phi) is 5.64. The van der Waals surface area contributed by atoms with Crippen LogP contribution < -0.4 is 15.7 Å². The highest BCUT2D eigenvalue weighted by molar-refractivity contribution is 8.28. The number of rotatable bonds is 3. The summed E-state index contributed by atoms with van der Waals surface area (Å²) in [4.78, 5) is 1.31. The fourth-order valence-electron chi connectivity index (χ4n) is 7.36. The number of ether oxygens (including phenoxy) is 1. The molecule has 0 fully saturated rings. The van der Waals surface area contributed by atoms with Crippen molar-refractivity contribution in [3.05, 3.63) is 158 Å². The van der Waals surface area contributed by atoms with Gasteiger partial charge in [0.25, 0.3) is 5.99 Å². The van der Waals surface area contributed by atoms with Crippen molar-refractivity contribution >= 4 is 50.3 Å². The SMILES string of the molecule is c1ccc(-c2cc3c4c(c2)-c2ccccc2SB4c2ccc(-c4cccc(-n5c6ccccc6c6ccccc65)c4)cc2O3)cc1. The van der Waals surface area contributed by atoms with E-state index in [1.54, 1.807) is 0 Å². The monoisotopic (exact) mass is 603 g/mol. The molecule has 0 spiro atoms. The number of benzene rings is 7. The van der Waals surface area contributed by atoms with Crippen LogP contribution in [-0.2, 0) is 0 Å². The van der Waals surface area contributed by atoms with E-state index in [2.05, 4.69) is 162 Å². The molecule has 3 heterocycles. The van der Waals surface area contributed by atoms with Crippen LogP contribution in [0.25, 0.3) is 60.9 Å². The largest absolute Gasteiger partial charge is 0.458 e. The molecule has 0 atom stereocenters. The molecular formula is C42H26BNOS. The highest BCUT2D eigenvalue weighted by Crippen LogP contribution is 2.45. The molecule has 0 saturated carbocycles. The van der Waals surface area contributed by atoms with Crippen LogP contribution in [0.5, 0.6) is 11.5 Å². The van der Waals surface area contributed by atoms with Crippen LogP contribution in [-0.4, -0.2) is 10.6 Å². The molecule has 0 radical (unpaired) electrons. The summed E-state index contributed by atoms with van der Waals surface area (Å²) in [6, 6.07) is 57.0. The topological polar surface area (TPSA) is 14.2 Å². The zero-order valence-corrected chi connectivity index (χ0v) is 25.7. The lowest BCUT2D eigenvalue weighted by Gasteiger charge is -2.33. The van der Waals surface area contributed by atoms with E-state index < -0.39 is 0 Å². The molecule has 7 aromatic carbocycles. The molecule has 46 heavy (non-hydrogen) atoms. The van der Waals surface area contributed by atoms with Crippen molar-refractivity contribution in [2.45, 2.75) is 4.90 Å². The van der Waals surface area contributed by atoms with Gasteiger partial charge in [-0.15, -0.1) is 0 Å². The summed E-state index contributed by atoms with van der Waals surface area (Å²) in [5.74, 6) is 2.05. The lowest BCUT2D eigenvalue weighted by atomic mass is 9.57. The molecule has 10 rings (SSSR count). The first-order valence-electron chi connectivity index (χ1n) is 15.7. The fourth-order valence-corrected chi connectivity index (χ4v) is 8.76. The maximum absolute atomic E-state index is 6.86. The van der Waals surface area contributed by atoms with E-state index in [1.165, 1.54) is 59.9 Å². The third-order valence-corrected chi connectivity index (χ3v) is 10.8. The molecular weight excluding hydrogens is 577 g/mol. The van der Waals surface area contributed by atoms with E-state index in [4.69, 9.17) is 4.74 Å². The van der Waals surface area contributed by atoms with Crippen LogP contribution in [0.15, 0.2) is 163 Å². The molecule has 0 saturated heterocycles. The van der Waals surface area contributed by atoms with Gasteiger partial charge in [0, 0.05) is 21.4 Å². The van der Waals surface area contributed by atoms with Crippen molar-refractivity contribution < 1.29 is 4.74 Å². The summed E-state index contributed by atoms with van der Waals surface area (Å²) in [6.45, 7) is 0. The summed E-state index contributed by atoms with van der Waals surface area (Å²) in [7, 11) is 0. The summed E-state index contributed by atoms with van der Waals surface area (Å²) < 4.78 is 9.24. The van der Waals surface area contributed by atoms with E-state index in [1.807, 2.05) is 11.6 Å². The van der Waals surface area contributed by atoms with Crippen LogP contribution in [0, 0.1) is 0 Å². The van der Waals surface area contributed by atoms with Crippen LogP contribution in [0.1, 0.15) is 0 Å². The first-order chi connectivity index (χ1) is 22.8. The molecule has 2 nitrogen and oxygen atoms in total. The smallest absolute Gasteiger partial charge is 0.289 e. The minimum atomic E-state index is 0.173. The second kappa shape index (κ2) is 10.0. The number of para-hydroxylation sites is 2. The molecule has 4 heteroatoms. The van der Waals surface area contributed by atoms with Gasteiger partial charge in [0.05, 0.1) is 11.0 Å². The summed E-state index contributed by atoms with van der Waals surface area (Å²) in [5.41, 5.74) is 13.3. The van der Waals surface area contributed by atoms with Crippen molar-refractivity contribution in [3.63, 3.8) is 0 Å². The minimum Gasteiger partial charge on any atom is -0.458 e. The molecule has 0 amide bonds. The van der Waals surface area contributed by atoms with Gasteiger partial charge in [-0.2, -0.15) is 11.6 Å². The first kappa shape index (κ1) is 25.8. The van der Waals surface area contributed by atoms with E-state index in [0.717, 1.165) is 28.3 Å². The van der Waals surface area contributed by atoms with E-state index in [0.29, 0.717) is 0 Å². The Morgan fingerprint density at radius 2 is 1.15 bits per heavy atom. The molecule has 2 aliphatic heterocycles. The third-order valence-electron chi connectivity index (χ3n) is 9.47. The molecule has 1 aromatic heterocycles. The standard InChI is InChI=1S/C42H26BNOS/c1-2-11-27(12-3-1)30-24-35-34-17-6-9-20-41(34)46-43-36-22-21-29(25-39(36)45-40(26-30)42(35)43)28-13-10-14-31(23-28)44-37-18-7-4-15-32(37)33-16-5-8-19-38(33)44/h1-26H. The quantitative estimate of drug-likeness (QED) is 0.187. The molecule has 0 N–H and O–H groups in total. The van der Waals surface area contributed by atoms with Gasteiger partial charge in [-0.3, -0.25) is 0 Å². The molecule has 2 aliphatic rings. The van der Waals surface area contributed by atoms with Gasteiger partial charge in [0.2, 0.25) is 0 Å². The Balaban J connectivity index is 1.11. The predicted octanol–water partition coefficient (Wildman–Crippen LogP) is 10.1. The second-order valence-electron chi connectivity index (χ2n) is 12.1. The Labute approximate surface area is 271 Å². The number of aromatic nitrogens is 1. The Bertz CT molecular complexity index is 2450. The fraction of sp³-hybridized carbons (Fsp3) is 0. The Hall–Kier alpha value is -5.45. The highest BCUT2D eigenvalue weighted by atomic mass is 32.2. The van der Waals surface area contributed by atoms with E-state index >= 15 is 0 Å². The maximum atomic E-state index is 6.86. The maximum Gasteiger partial charge on any atom is 0.289 e. The van der Waals surface area contributed by atoms with Crippen molar-refractivity contribution in [3.8, 4) is 50.6 Å². The van der Waals surface area contributed by atoms with Gasteiger partial charge in [0.1, 0.15) is 11.5 Å². The van der Waals surface area contributed by atoms with Gasteiger partial charge in [-0.1, -0.05) is 109 Å². The van der Waals surface area contributed by atoms with E-state index in [-0.39, 0.29) is 5.99 Å². The van der Waals surface area contributed by atoms with Crippen LogP contribution in [0.3, 0.4) is 0 Å². The van der Waals surface area contributed by atoms with Crippen molar-refractivity contribution in [2.75, 3.05) is 0 Å². The third kappa shape index (κ3) is 3.87. The zero-order valence-electron chi connectivity index (χ0n) is 24.9. The summed E-state index contributed by atoms with van der Waals surface area (Å²) >= 11 is 1.93. The van der Waals surface area contributed by atoms with Gasteiger partial charge in [-0.25, -0.2) is 0 Å². The van der Waals surface area contributed by atoms with Crippen LogP contribution in [0.2, 0.25) is 0 Å². The molecule has 8 aromatic rings. The van der Waals surface area contributed by atoms with Crippen molar-refractivity contribution in [1.82, 2.24) is 4.57 Å². The van der Waals surface area contributed by atoms with Gasteiger partial charge in [0.15, 0.2) is 0 Å². The van der Waals surface area contributed by atoms with Crippen LogP contribution >= 0.6 is 11.6 Å². The average Bonchev–Trinajstić information content (AvgIpc) is 3.46. The lowest BCUT2D eigenvalue weighted by molar-refractivity contribution is 0.488. The van der Waals surface area contributed by atoms with Crippen molar-refractivity contribution in [2.24, 2.45) is 0 Å². The Morgan fingerprint density at radius 1 is 0.478 bits per heavy atom. The number of hydrogen-bond acceptors (Lipinski definition) is 2. The van der Waals surface area contributed by atoms with Crippen molar-refractivity contribution in [1.29, 1.82) is 0 Å². The summed E-state index contributed by atoms with van der Waals surface area (Å²) in [5, 5.41) is 2.54. The number of nitrogens with zero attached hydrogens (tertiary/aromatic N) is 1. The average molecular weight is 604 g/mol. The van der Waals surface area contributed by atoms with Crippen LogP contribution in [0.4, 0.5) is 0 Å². The van der Waals surface area contributed by atoms with E-state index in [9.17, 15) is 0 Å². The molecule has 0 bridgehead atoms. The van der Waals surface area contributed by atoms with Gasteiger partial charge in [-0.05, 0) is 92.8 Å². The first-order valence-corrected chi connectivity index (χ1v) is 16.6. The highest BCUT2D eigenvalue weighted by Gasteiger charge is 2.38. The molecule has 0 aliphatic carbocycles. The molecule has 214 valence electrons. The summed E-state index contributed by atoms with van der Waals surface area (Å²) in [6.07, 6.45) is 0. The normalized spacial score (nSPS) is 12.8. The number of hydrogen-bond donors (Lipinski definition) is 0. The zero-order chi connectivity index (χ0) is 30.2. The lowest BCUT2D eigenvalue weighted by Crippen LogP contribution is -2.46.